The summed E-state index contributed by atoms with van der Waals surface area (Å²) in [5.41, 5.74) is 0. The van der Waals surface area contributed by atoms with Crippen LogP contribution >= 0.6 is 0 Å². The van der Waals surface area contributed by atoms with E-state index in [1.165, 1.54) is 0 Å². The summed E-state index contributed by atoms with van der Waals surface area (Å²) in [6.45, 7) is 1.82. The summed E-state index contributed by atoms with van der Waals surface area (Å²) in [7, 11) is 0. The van der Waals surface area contributed by atoms with Gasteiger partial charge in [0.2, 0.25) is 6.43 Å². The molecule has 0 saturated heterocycles. The van der Waals surface area contributed by atoms with Crippen LogP contribution in [0.3, 0.4) is 0 Å². The molecule has 0 saturated carbocycles. The molecule has 0 aliphatic carbocycles. The normalized spacial score (nSPS) is 13.6. The second-order valence-electron chi connectivity index (χ2n) is 2.27. The SMILES string of the molecule is CCC(C=O)CCC(F)F. The summed E-state index contributed by atoms with van der Waals surface area (Å²) < 4.78 is 23.1. The molecule has 0 aliphatic heterocycles. The zero-order valence-corrected chi connectivity index (χ0v) is 6.02. The molecule has 0 aromatic heterocycles. The first-order chi connectivity index (χ1) is 4.70. The molecular formula is C7H12F2O. The first kappa shape index (κ1) is 9.53. The van der Waals surface area contributed by atoms with Gasteiger partial charge < -0.3 is 4.79 Å². The molecule has 0 aliphatic rings. The Morgan fingerprint density at radius 1 is 1.40 bits per heavy atom. The third kappa shape index (κ3) is 4.41. The van der Waals surface area contributed by atoms with Crippen LogP contribution in [0.4, 0.5) is 8.78 Å². The minimum absolute atomic E-state index is 0.156. The van der Waals surface area contributed by atoms with Gasteiger partial charge in [-0.1, -0.05) is 6.92 Å². The van der Waals surface area contributed by atoms with Crippen LogP contribution in [0.1, 0.15) is 26.2 Å². The van der Waals surface area contributed by atoms with E-state index in [4.69, 9.17) is 0 Å². The van der Waals surface area contributed by atoms with Crippen molar-refractivity contribution >= 4 is 6.29 Å². The monoisotopic (exact) mass is 150 g/mol. The van der Waals surface area contributed by atoms with Crippen molar-refractivity contribution in [2.75, 3.05) is 0 Å². The molecule has 10 heavy (non-hydrogen) atoms. The van der Waals surface area contributed by atoms with Crippen molar-refractivity contribution in [3.05, 3.63) is 0 Å². The van der Waals surface area contributed by atoms with Gasteiger partial charge in [0.25, 0.3) is 0 Å². The zero-order valence-electron chi connectivity index (χ0n) is 6.02. The molecule has 0 radical (unpaired) electrons. The Morgan fingerprint density at radius 3 is 2.30 bits per heavy atom. The Hall–Kier alpha value is -0.470. The summed E-state index contributed by atoms with van der Waals surface area (Å²) in [5, 5.41) is 0. The summed E-state index contributed by atoms with van der Waals surface area (Å²) >= 11 is 0. The van der Waals surface area contributed by atoms with Gasteiger partial charge in [0.15, 0.2) is 0 Å². The van der Waals surface area contributed by atoms with Gasteiger partial charge in [0.05, 0.1) is 0 Å². The van der Waals surface area contributed by atoms with Crippen molar-refractivity contribution in [3.8, 4) is 0 Å². The van der Waals surface area contributed by atoms with E-state index in [0.29, 0.717) is 12.8 Å². The van der Waals surface area contributed by atoms with Gasteiger partial charge in [-0.2, -0.15) is 0 Å². The van der Waals surface area contributed by atoms with Crippen molar-refractivity contribution in [3.63, 3.8) is 0 Å². The van der Waals surface area contributed by atoms with Crippen LogP contribution in [-0.2, 0) is 4.79 Å². The fourth-order valence-electron chi connectivity index (χ4n) is 0.708. The standard InChI is InChI=1S/C7H12F2O/c1-2-6(5-10)3-4-7(8)9/h5-7H,2-4H2,1H3. The first-order valence-electron chi connectivity index (χ1n) is 3.44. The predicted octanol–water partition coefficient (Wildman–Crippen LogP) is 2.26. The minimum Gasteiger partial charge on any atom is -0.303 e. The average Bonchev–Trinajstić information content (AvgIpc) is 1.90. The van der Waals surface area contributed by atoms with Crippen LogP contribution in [0.25, 0.3) is 0 Å². The van der Waals surface area contributed by atoms with E-state index in [1.807, 2.05) is 6.92 Å². The molecule has 1 nitrogen and oxygen atoms in total. The van der Waals surface area contributed by atoms with Gasteiger partial charge in [-0.25, -0.2) is 8.78 Å². The van der Waals surface area contributed by atoms with Gasteiger partial charge >= 0.3 is 0 Å². The lowest BCUT2D eigenvalue weighted by Crippen LogP contribution is -2.02. The molecule has 0 spiro atoms. The smallest absolute Gasteiger partial charge is 0.238 e. The minimum atomic E-state index is -2.27. The molecule has 1 atom stereocenters. The molecule has 0 aromatic carbocycles. The lowest BCUT2D eigenvalue weighted by Gasteiger charge is -2.04. The van der Waals surface area contributed by atoms with Crippen molar-refractivity contribution in [1.82, 2.24) is 0 Å². The van der Waals surface area contributed by atoms with Gasteiger partial charge in [0.1, 0.15) is 6.29 Å². The van der Waals surface area contributed by atoms with Gasteiger partial charge in [-0.15, -0.1) is 0 Å². The number of hydrogen-bond donors (Lipinski definition) is 0. The van der Waals surface area contributed by atoms with Crippen LogP contribution < -0.4 is 0 Å². The van der Waals surface area contributed by atoms with Crippen molar-refractivity contribution in [1.29, 1.82) is 0 Å². The Morgan fingerprint density at radius 2 is 2.00 bits per heavy atom. The van der Waals surface area contributed by atoms with Crippen LogP contribution in [-0.4, -0.2) is 12.7 Å². The quantitative estimate of drug-likeness (QED) is 0.549. The highest BCUT2D eigenvalue weighted by Crippen LogP contribution is 2.11. The van der Waals surface area contributed by atoms with Crippen LogP contribution in [0.2, 0.25) is 0 Å². The van der Waals surface area contributed by atoms with E-state index in [-0.39, 0.29) is 12.3 Å². The zero-order chi connectivity index (χ0) is 7.98. The fourth-order valence-corrected chi connectivity index (χ4v) is 0.708. The highest BCUT2D eigenvalue weighted by molar-refractivity contribution is 5.53. The van der Waals surface area contributed by atoms with Crippen LogP contribution in [0.5, 0.6) is 0 Å². The van der Waals surface area contributed by atoms with Crippen molar-refractivity contribution in [2.45, 2.75) is 32.6 Å². The Kier molecular flexibility index (Phi) is 5.08. The van der Waals surface area contributed by atoms with Gasteiger partial charge in [-0.3, -0.25) is 0 Å². The molecule has 0 rings (SSSR count). The van der Waals surface area contributed by atoms with E-state index < -0.39 is 6.43 Å². The van der Waals surface area contributed by atoms with E-state index in [0.717, 1.165) is 6.29 Å². The Bertz CT molecular complexity index is 93.6. The Balaban J connectivity index is 3.34. The van der Waals surface area contributed by atoms with E-state index in [2.05, 4.69) is 0 Å². The third-order valence-corrected chi connectivity index (χ3v) is 1.47. The van der Waals surface area contributed by atoms with Crippen molar-refractivity contribution < 1.29 is 13.6 Å². The van der Waals surface area contributed by atoms with Crippen LogP contribution in [0, 0.1) is 5.92 Å². The van der Waals surface area contributed by atoms with Crippen molar-refractivity contribution in [2.24, 2.45) is 5.92 Å². The fraction of sp³-hybridized carbons (Fsp3) is 0.857. The summed E-state index contributed by atoms with van der Waals surface area (Å²) in [6.07, 6.45) is -0.693. The third-order valence-electron chi connectivity index (χ3n) is 1.47. The second-order valence-corrected chi connectivity index (χ2v) is 2.27. The van der Waals surface area contributed by atoms with Gasteiger partial charge in [-0.05, 0) is 12.8 Å². The number of hydrogen-bond acceptors (Lipinski definition) is 1. The second kappa shape index (κ2) is 5.33. The maximum atomic E-state index is 11.6. The Labute approximate surface area is 59.4 Å². The number of carbonyl (C=O) groups excluding carboxylic acids is 1. The maximum absolute atomic E-state index is 11.6. The van der Waals surface area contributed by atoms with Gasteiger partial charge in [0, 0.05) is 12.3 Å². The maximum Gasteiger partial charge on any atom is 0.238 e. The molecule has 0 bridgehead atoms. The molecule has 1 unspecified atom stereocenters. The number of carbonyl (C=O) groups is 1. The number of rotatable bonds is 5. The largest absolute Gasteiger partial charge is 0.303 e. The highest BCUT2D eigenvalue weighted by Gasteiger charge is 2.08. The predicted molar refractivity (Wildman–Crippen MR) is 35.1 cm³/mol. The number of alkyl halides is 2. The molecule has 0 amide bonds. The first-order valence-corrected chi connectivity index (χ1v) is 3.44. The molecule has 3 heteroatoms. The molecular weight excluding hydrogens is 138 g/mol. The van der Waals surface area contributed by atoms with E-state index in [9.17, 15) is 13.6 Å². The number of aldehydes is 1. The highest BCUT2D eigenvalue weighted by atomic mass is 19.3. The molecule has 0 N–H and O–H groups in total. The van der Waals surface area contributed by atoms with E-state index in [1.54, 1.807) is 0 Å². The summed E-state index contributed by atoms with van der Waals surface area (Å²) in [4.78, 5) is 10.1. The summed E-state index contributed by atoms with van der Waals surface area (Å²) in [6, 6.07) is 0. The number of halogens is 2. The molecule has 0 heterocycles. The molecule has 60 valence electrons. The average molecular weight is 150 g/mol. The molecule has 0 aromatic rings. The lowest BCUT2D eigenvalue weighted by atomic mass is 10.0. The van der Waals surface area contributed by atoms with E-state index >= 15 is 0 Å². The lowest BCUT2D eigenvalue weighted by molar-refractivity contribution is -0.111. The molecule has 0 fully saturated rings. The topological polar surface area (TPSA) is 17.1 Å². The summed E-state index contributed by atoms with van der Waals surface area (Å²) in [5.74, 6) is -0.172. The van der Waals surface area contributed by atoms with Crippen LogP contribution in [0.15, 0.2) is 0 Å².